The van der Waals surface area contributed by atoms with E-state index in [1.54, 1.807) is 6.92 Å². The van der Waals surface area contributed by atoms with Crippen molar-refractivity contribution in [2.24, 2.45) is 50.7 Å². The Hall–Kier alpha value is -0.980. The summed E-state index contributed by atoms with van der Waals surface area (Å²) >= 11 is 0. The van der Waals surface area contributed by atoms with Gasteiger partial charge in [0.2, 0.25) is 0 Å². The number of ether oxygens (including phenoxy) is 6. The molecule has 5 aliphatic carbocycles. The van der Waals surface area contributed by atoms with Crippen LogP contribution in [0.15, 0.2) is 11.6 Å². The fourth-order valence-corrected chi connectivity index (χ4v) is 15.6. The Bertz CT molecular complexity index is 1720. The van der Waals surface area contributed by atoms with Crippen LogP contribution in [0.1, 0.15) is 106 Å². The van der Waals surface area contributed by atoms with Gasteiger partial charge in [-0.1, -0.05) is 39.3 Å². The largest absolute Gasteiger partial charge is 0.396 e. The smallest absolute Gasteiger partial charge is 0.187 e. The van der Waals surface area contributed by atoms with Crippen LogP contribution >= 0.6 is 0 Å². The summed E-state index contributed by atoms with van der Waals surface area (Å²) < 4.78 is 35.3. The van der Waals surface area contributed by atoms with Gasteiger partial charge in [-0.2, -0.15) is 0 Å². The number of hydrogen-bond acceptors (Lipinski definition) is 18. The van der Waals surface area contributed by atoms with E-state index in [0.717, 1.165) is 56.9 Å². The third-order valence-electron chi connectivity index (χ3n) is 19.7. The summed E-state index contributed by atoms with van der Waals surface area (Å²) in [6, 6.07) is 0. The van der Waals surface area contributed by atoms with E-state index in [4.69, 9.17) is 28.4 Å². The Kier molecular flexibility index (Phi) is 14.7. The van der Waals surface area contributed by atoms with Gasteiger partial charge in [-0.3, -0.25) is 0 Å². The van der Waals surface area contributed by atoms with Gasteiger partial charge >= 0.3 is 0 Å². The lowest BCUT2D eigenvalue weighted by Crippen LogP contribution is -2.64. The molecule has 8 rings (SSSR count). The average molecular weight is 945 g/mol. The van der Waals surface area contributed by atoms with Gasteiger partial charge in [-0.05, 0) is 123 Å². The topological polar surface area (TPSA) is 298 Å². The van der Waals surface area contributed by atoms with Gasteiger partial charge in [0.25, 0.3) is 0 Å². The van der Waals surface area contributed by atoms with Crippen LogP contribution in [0, 0.1) is 50.7 Å². The first kappa shape index (κ1) is 51.4. The zero-order chi connectivity index (χ0) is 48.1. The van der Waals surface area contributed by atoms with Crippen LogP contribution in [0.25, 0.3) is 0 Å². The lowest BCUT2D eigenvalue weighted by atomic mass is 9.41. The van der Waals surface area contributed by atoms with E-state index in [1.165, 1.54) is 0 Å². The maximum atomic E-state index is 11.7. The number of fused-ring (bicyclic) bond motifs is 2. The fraction of sp³-hybridized carbons (Fsp3) is 0.958. The zero-order valence-electron chi connectivity index (χ0n) is 39.4. The van der Waals surface area contributed by atoms with Crippen LogP contribution in [0.3, 0.4) is 0 Å². The second-order valence-electron chi connectivity index (χ2n) is 22.7. The molecule has 0 bridgehead atoms. The average Bonchev–Trinajstić information content (AvgIpc) is 3.89. The predicted molar refractivity (Wildman–Crippen MR) is 231 cm³/mol. The number of rotatable bonds is 14. The highest BCUT2D eigenvalue weighted by Gasteiger charge is 2.82. The third-order valence-corrected chi connectivity index (χ3v) is 19.7. The van der Waals surface area contributed by atoms with Crippen LogP contribution in [0.2, 0.25) is 0 Å². The summed E-state index contributed by atoms with van der Waals surface area (Å²) in [6.45, 7) is 11.5. The van der Waals surface area contributed by atoms with Crippen LogP contribution in [0.4, 0.5) is 0 Å². The molecule has 3 heterocycles. The Morgan fingerprint density at radius 3 is 1.86 bits per heavy atom. The number of aliphatic hydroxyl groups is 12. The molecular weight excluding hydrogens is 865 g/mol. The van der Waals surface area contributed by atoms with E-state index in [9.17, 15) is 61.3 Å². The van der Waals surface area contributed by atoms with Crippen molar-refractivity contribution in [2.45, 2.75) is 210 Å². The Morgan fingerprint density at radius 1 is 0.652 bits per heavy atom. The molecule has 3 aliphatic heterocycles. The molecule has 5 saturated carbocycles. The van der Waals surface area contributed by atoms with E-state index in [0.29, 0.717) is 24.7 Å². The van der Waals surface area contributed by atoms with Crippen molar-refractivity contribution in [3.05, 3.63) is 11.6 Å². The van der Waals surface area contributed by atoms with Gasteiger partial charge < -0.3 is 89.7 Å². The Morgan fingerprint density at radius 2 is 1.23 bits per heavy atom. The predicted octanol–water partition coefficient (Wildman–Crippen LogP) is -0.415. The van der Waals surface area contributed by atoms with Gasteiger partial charge in [0, 0.05) is 5.41 Å². The molecule has 0 radical (unpaired) electrons. The van der Waals surface area contributed by atoms with Crippen LogP contribution in [-0.4, -0.2) is 192 Å². The normalized spacial score (nSPS) is 54.7. The highest BCUT2D eigenvalue weighted by atomic mass is 16.7. The summed E-state index contributed by atoms with van der Waals surface area (Å²) in [5, 5.41) is 126. The first-order valence-corrected chi connectivity index (χ1v) is 24.6. The molecule has 0 aromatic heterocycles. The molecule has 0 unspecified atom stereocenters. The standard InChI is InChI=1S/C48H80O18/c1-22(19-61-41-37(58)34(55)32(53)27(17-49)63-41)7-8-26(52)23(2)25-11-13-46(6)30-10-9-29-44(4,21-51)31(12-14-47(29)20-48(30,47)16-15-45(25,46)5)65-42-39(60)36(57)40(24(3)62-42)66-43-38(59)35(56)33(54)28(18-50)64-43/h7,23-43,49-60H,8-21H2,1-6H3/b22-7-/t23-,24+,25+,26-,27+,28+,29-,30-,31-,32+,33+,34-,35-,36+,37+,38+,39+,40-,41+,42-,43-,44-,45+,46-,47+,48-/m0/s1. The summed E-state index contributed by atoms with van der Waals surface area (Å²) in [7, 11) is 0. The minimum absolute atomic E-state index is 0.0157. The highest BCUT2D eigenvalue weighted by Crippen LogP contribution is 2.89. The van der Waals surface area contributed by atoms with E-state index in [2.05, 4.69) is 27.7 Å². The quantitative estimate of drug-likeness (QED) is 0.0778. The van der Waals surface area contributed by atoms with Crippen molar-refractivity contribution in [1.29, 1.82) is 0 Å². The first-order chi connectivity index (χ1) is 31.1. The highest BCUT2D eigenvalue weighted by molar-refractivity contribution is 5.31. The summed E-state index contributed by atoms with van der Waals surface area (Å²) in [5.41, 5.74) is 0.425. The monoisotopic (exact) mass is 945 g/mol. The second-order valence-corrected chi connectivity index (χ2v) is 22.7. The Balaban J connectivity index is 0.889. The number of hydrogen-bond donors (Lipinski definition) is 12. The maximum absolute atomic E-state index is 11.7. The molecule has 8 aliphatic rings. The van der Waals surface area contributed by atoms with E-state index >= 15 is 0 Å². The van der Waals surface area contributed by atoms with Crippen molar-refractivity contribution in [3.8, 4) is 0 Å². The molecule has 2 spiro atoms. The third kappa shape index (κ3) is 8.00. The van der Waals surface area contributed by atoms with E-state index < -0.39 is 123 Å². The van der Waals surface area contributed by atoms with Crippen LogP contribution < -0.4 is 0 Å². The summed E-state index contributed by atoms with van der Waals surface area (Å²) in [4.78, 5) is 0. The molecule has 0 aromatic carbocycles. The molecule has 8 fully saturated rings. The molecule has 380 valence electrons. The van der Waals surface area contributed by atoms with Gasteiger partial charge in [0.15, 0.2) is 18.9 Å². The molecule has 12 N–H and O–H groups in total. The molecule has 18 nitrogen and oxygen atoms in total. The SMILES string of the molecule is C/C(=C/C[C@H](O)[C@@H](C)[C@H]1CC[C@@]2(C)[C@@H]3CC[C@H]4[C@](C)(CO)[C@@H](O[C@@H]5O[C@H](C)[C@H](O[C@@H]6O[C@H](CO)[C@@H](O)[C@H](O)[C@H]6O)[C@H](O)[C@H]5O)CC[C@@]45C[C@@]35CC[C@]12C)CO[C@@H]1O[C@H](CO)[C@@H](O)[C@H](O)[C@H]1O. The molecule has 26 atom stereocenters. The van der Waals surface area contributed by atoms with Crippen molar-refractivity contribution in [2.75, 3.05) is 26.4 Å². The minimum Gasteiger partial charge on any atom is -0.396 e. The molecule has 0 amide bonds. The lowest BCUT2D eigenvalue weighted by Gasteiger charge is -2.64. The lowest BCUT2D eigenvalue weighted by molar-refractivity contribution is -0.364. The molecule has 3 saturated heterocycles. The minimum atomic E-state index is -1.70. The van der Waals surface area contributed by atoms with Gasteiger partial charge in [0.1, 0.15) is 67.1 Å². The van der Waals surface area contributed by atoms with Gasteiger partial charge in [-0.25, -0.2) is 0 Å². The van der Waals surface area contributed by atoms with Crippen molar-refractivity contribution in [1.82, 2.24) is 0 Å². The van der Waals surface area contributed by atoms with Crippen LogP contribution in [0.5, 0.6) is 0 Å². The van der Waals surface area contributed by atoms with Crippen molar-refractivity contribution >= 4 is 0 Å². The molecule has 18 heteroatoms. The molecular formula is C48H80O18. The number of aliphatic hydroxyl groups excluding tert-OH is 12. The first-order valence-electron chi connectivity index (χ1n) is 24.6. The maximum Gasteiger partial charge on any atom is 0.187 e. The van der Waals surface area contributed by atoms with E-state index in [1.807, 2.05) is 13.0 Å². The zero-order valence-corrected chi connectivity index (χ0v) is 39.4. The van der Waals surface area contributed by atoms with Crippen molar-refractivity contribution in [3.63, 3.8) is 0 Å². The molecule has 66 heavy (non-hydrogen) atoms. The summed E-state index contributed by atoms with van der Waals surface area (Å²) in [5.74, 6) is 1.01. The summed E-state index contributed by atoms with van der Waals surface area (Å²) in [6.07, 6.45) is -10.7. The van der Waals surface area contributed by atoms with Crippen molar-refractivity contribution < 1.29 is 89.7 Å². The fourth-order valence-electron chi connectivity index (χ4n) is 15.6. The molecule has 0 aromatic rings. The van der Waals surface area contributed by atoms with E-state index in [-0.39, 0.29) is 46.7 Å². The van der Waals surface area contributed by atoms with Gasteiger partial charge in [0.05, 0.1) is 44.7 Å². The van der Waals surface area contributed by atoms with Crippen LogP contribution in [-0.2, 0) is 28.4 Å². The second kappa shape index (κ2) is 18.9. The Labute approximate surface area is 387 Å². The van der Waals surface area contributed by atoms with Gasteiger partial charge in [-0.15, -0.1) is 0 Å².